The summed E-state index contributed by atoms with van der Waals surface area (Å²) in [4.78, 5) is 29.8. The lowest BCUT2D eigenvalue weighted by atomic mass is 9.87. The number of amidine groups is 1. The quantitative estimate of drug-likeness (QED) is 0.507. The van der Waals surface area contributed by atoms with Gasteiger partial charge in [0.2, 0.25) is 0 Å². The molecule has 0 saturated heterocycles. The van der Waals surface area contributed by atoms with Crippen LogP contribution in [0.3, 0.4) is 0 Å². The molecule has 0 amide bonds. The van der Waals surface area contributed by atoms with E-state index in [2.05, 4.69) is 10.3 Å². The minimum absolute atomic E-state index is 0.0843. The second-order valence-electron chi connectivity index (χ2n) is 7.89. The van der Waals surface area contributed by atoms with Gasteiger partial charge in [0, 0.05) is 12.1 Å². The van der Waals surface area contributed by atoms with Gasteiger partial charge in [0.05, 0.1) is 7.11 Å². The minimum atomic E-state index is -6.07. The average molecular weight is 512 g/mol. The van der Waals surface area contributed by atoms with Crippen molar-refractivity contribution in [3.05, 3.63) is 92.1 Å². The Morgan fingerprint density at radius 3 is 2.11 bits per heavy atom. The summed E-state index contributed by atoms with van der Waals surface area (Å²) in [5.74, 6) is -1.46. The van der Waals surface area contributed by atoms with Crippen LogP contribution in [-0.2, 0) is 18.5 Å². The lowest BCUT2D eigenvalue weighted by Crippen LogP contribution is -2.59. The van der Waals surface area contributed by atoms with E-state index in [0.717, 1.165) is 0 Å². The largest absolute Gasteiger partial charge is 0.497 e. The van der Waals surface area contributed by atoms with Crippen molar-refractivity contribution < 1.29 is 31.1 Å². The molecule has 0 spiro atoms. The number of benzene rings is 2. The number of anilines is 1. The summed E-state index contributed by atoms with van der Waals surface area (Å²) in [6, 6.07) is 13.5. The Hall–Kier alpha value is -4.03. The number of ether oxygens (including phenoxy) is 1. The molecule has 4 rings (SSSR count). The molecule has 1 aliphatic rings. The second kappa shape index (κ2) is 8.88. The third kappa shape index (κ3) is 4.14. The van der Waals surface area contributed by atoms with Crippen molar-refractivity contribution in [3.63, 3.8) is 0 Å². The number of hydrogen-bond acceptors (Lipinski definition) is 5. The molecule has 190 valence electrons. The normalized spacial score (nSPS) is 15.0. The lowest BCUT2D eigenvalue weighted by molar-refractivity contribution is -0.301. The van der Waals surface area contributed by atoms with Crippen LogP contribution in [0.15, 0.2) is 69.2 Å². The van der Waals surface area contributed by atoms with Crippen LogP contribution in [0.25, 0.3) is 0 Å². The van der Waals surface area contributed by atoms with Gasteiger partial charge in [-0.05, 0) is 36.2 Å². The van der Waals surface area contributed by atoms with E-state index in [1.54, 1.807) is 35.3 Å². The molecule has 1 aromatic heterocycles. The molecule has 0 atom stereocenters. The van der Waals surface area contributed by atoms with Crippen molar-refractivity contribution in [1.82, 2.24) is 9.55 Å². The predicted molar refractivity (Wildman–Crippen MR) is 118 cm³/mol. The van der Waals surface area contributed by atoms with E-state index in [9.17, 15) is 35.9 Å². The number of aromatic nitrogens is 2. The summed E-state index contributed by atoms with van der Waals surface area (Å²) in [7, 11) is 1.33. The summed E-state index contributed by atoms with van der Waals surface area (Å²) in [5, 5.41) is 2.39. The van der Waals surface area contributed by atoms with E-state index in [0.29, 0.717) is 15.9 Å². The third-order valence-corrected chi connectivity index (χ3v) is 5.73. The molecule has 36 heavy (non-hydrogen) atoms. The zero-order chi connectivity index (χ0) is 26.3. The minimum Gasteiger partial charge on any atom is -0.497 e. The van der Waals surface area contributed by atoms with E-state index in [1.807, 2.05) is 0 Å². The number of hydrogen-bond donors (Lipinski definition) is 2. The Morgan fingerprint density at radius 2 is 1.56 bits per heavy atom. The number of aryl methyl sites for hydroxylation is 1. The fourth-order valence-corrected chi connectivity index (χ4v) is 3.96. The van der Waals surface area contributed by atoms with Crippen molar-refractivity contribution in [2.45, 2.75) is 30.9 Å². The maximum Gasteiger partial charge on any atom is 0.427 e. The second-order valence-corrected chi connectivity index (χ2v) is 7.89. The number of H-pyrrole nitrogens is 1. The van der Waals surface area contributed by atoms with Gasteiger partial charge in [-0.1, -0.05) is 30.3 Å². The van der Waals surface area contributed by atoms with Crippen LogP contribution in [0.5, 0.6) is 5.75 Å². The first kappa shape index (κ1) is 25.1. The fourth-order valence-electron chi connectivity index (χ4n) is 3.96. The first-order valence-electron chi connectivity index (χ1n) is 10.5. The molecule has 0 saturated carbocycles. The van der Waals surface area contributed by atoms with E-state index < -0.39 is 46.4 Å². The standard InChI is InChI=1S/C23H18F6N4O3/c1-36-15-9-7-14(8-10-15)17-30-18-16(21(32-17,22(24,25)26)23(27,28)29)19(34)31-20(35)33(18)12-11-13-5-3-2-4-6-13/h2-10H,11-12H2,1H3,(H,30,32)(H,31,34,35). The number of nitrogens with one attached hydrogen (secondary N) is 2. The zero-order valence-electron chi connectivity index (χ0n) is 18.5. The number of methoxy groups -OCH3 is 1. The van der Waals surface area contributed by atoms with Gasteiger partial charge in [0.15, 0.2) is 0 Å². The summed E-state index contributed by atoms with van der Waals surface area (Å²) in [5.41, 5.74) is -9.18. The summed E-state index contributed by atoms with van der Waals surface area (Å²) < 4.78 is 91.6. The van der Waals surface area contributed by atoms with Gasteiger partial charge in [-0.25, -0.2) is 9.79 Å². The Morgan fingerprint density at radius 1 is 0.944 bits per heavy atom. The van der Waals surface area contributed by atoms with Crippen molar-refractivity contribution in [3.8, 4) is 5.75 Å². The molecule has 3 aromatic rings. The van der Waals surface area contributed by atoms with Crippen molar-refractivity contribution >= 4 is 11.7 Å². The van der Waals surface area contributed by atoms with Crippen LogP contribution in [0.4, 0.5) is 32.2 Å². The molecule has 2 aromatic carbocycles. The molecule has 13 heteroatoms. The van der Waals surface area contributed by atoms with Gasteiger partial charge in [-0.15, -0.1) is 0 Å². The molecule has 0 aliphatic carbocycles. The predicted octanol–water partition coefficient (Wildman–Crippen LogP) is 3.98. The smallest absolute Gasteiger partial charge is 0.427 e. The summed E-state index contributed by atoms with van der Waals surface area (Å²) >= 11 is 0. The van der Waals surface area contributed by atoms with Crippen LogP contribution < -0.4 is 21.3 Å². The van der Waals surface area contributed by atoms with Gasteiger partial charge in [-0.2, -0.15) is 26.3 Å². The number of aromatic amines is 1. The average Bonchev–Trinajstić information content (AvgIpc) is 2.82. The Labute approximate surface area is 199 Å². The van der Waals surface area contributed by atoms with Crippen LogP contribution in [0, 0.1) is 0 Å². The highest BCUT2D eigenvalue weighted by Gasteiger charge is 2.75. The SMILES string of the molecule is COc1ccc(C2=NC(C(F)(F)F)(C(F)(F)F)c3c(n(CCc4ccccc4)c(=O)[nH]c3=O)N2)cc1. The molecule has 0 fully saturated rings. The van der Waals surface area contributed by atoms with Crippen molar-refractivity contribution in [2.24, 2.45) is 4.99 Å². The van der Waals surface area contributed by atoms with E-state index in [1.165, 1.54) is 31.4 Å². The van der Waals surface area contributed by atoms with E-state index >= 15 is 0 Å². The van der Waals surface area contributed by atoms with Gasteiger partial charge in [0.1, 0.15) is 23.0 Å². The molecule has 1 aliphatic heterocycles. The molecule has 2 N–H and O–H groups in total. The molecule has 0 unspecified atom stereocenters. The highest BCUT2D eigenvalue weighted by Crippen LogP contribution is 2.55. The molecular formula is C23H18F6N4O3. The van der Waals surface area contributed by atoms with Crippen LogP contribution in [0.1, 0.15) is 16.7 Å². The number of halogens is 6. The van der Waals surface area contributed by atoms with Crippen molar-refractivity contribution in [2.75, 3.05) is 12.4 Å². The van der Waals surface area contributed by atoms with Gasteiger partial charge < -0.3 is 10.1 Å². The molecule has 7 nitrogen and oxygen atoms in total. The Balaban J connectivity index is 1.99. The van der Waals surface area contributed by atoms with E-state index in [-0.39, 0.29) is 18.5 Å². The zero-order valence-corrected chi connectivity index (χ0v) is 18.5. The molecule has 2 heterocycles. The first-order chi connectivity index (χ1) is 16.9. The molecule has 0 radical (unpaired) electrons. The number of aliphatic imine (C=N–C) groups is 1. The Kier molecular flexibility index (Phi) is 6.18. The van der Waals surface area contributed by atoms with Crippen LogP contribution in [0.2, 0.25) is 0 Å². The molecular weight excluding hydrogens is 494 g/mol. The lowest BCUT2D eigenvalue weighted by Gasteiger charge is -2.38. The number of alkyl halides is 6. The maximum absolute atomic E-state index is 14.3. The topological polar surface area (TPSA) is 88.5 Å². The highest BCUT2D eigenvalue weighted by molar-refractivity contribution is 6.09. The van der Waals surface area contributed by atoms with Gasteiger partial charge >= 0.3 is 18.0 Å². The fraction of sp³-hybridized carbons (Fsp3) is 0.261. The third-order valence-electron chi connectivity index (χ3n) is 5.73. The van der Waals surface area contributed by atoms with Crippen LogP contribution >= 0.6 is 0 Å². The highest BCUT2D eigenvalue weighted by atomic mass is 19.4. The maximum atomic E-state index is 14.3. The first-order valence-corrected chi connectivity index (χ1v) is 10.5. The van der Waals surface area contributed by atoms with Gasteiger partial charge in [0.25, 0.3) is 11.1 Å². The van der Waals surface area contributed by atoms with E-state index in [4.69, 9.17) is 4.74 Å². The summed E-state index contributed by atoms with van der Waals surface area (Å²) in [6.07, 6.45) is -12.1. The number of fused-ring (bicyclic) bond motifs is 1. The molecule has 0 bridgehead atoms. The summed E-state index contributed by atoms with van der Waals surface area (Å²) in [6.45, 7) is -0.323. The Bertz CT molecular complexity index is 1390. The van der Waals surface area contributed by atoms with Gasteiger partial charge in [-0.3, -0.25) is 14.3 Å². The van der Waals surface area contributed by atoms with Crippen molar-refractivity contribution in [1.29, 1.82) is 0 Å². The monoisotopic (exact) mass is 512 g/mol. The van der Waals surface area contributed by atoms with Crippen LogP contribution in [-0.4, -0.2) is 34.8 Å². The number of rotatable bonds is 5. The number of nitrogens with zero attached hydrogens (tertiary/aromatic N) is 2.